The van der Waals surface area contributed by atoms with E-state index in [0.717, 1.165) is 19.4 Å². The van der Waals surface area contributed by atoms with Crippen LogP contribution in [0.3, 0.4) is 0 Å². The van der Waals surface area contributed by atoms with Crippen molar-refractivity contribution in [3.05, 3.63) is 29.8 Å². The second kappa shape index (κ2) is 6.87. The number of nitrogens with two attached hydrogens (primary N) is 1. The first-order valence-electron chi connectivity index (χ1n) is 6.92. The van der Waals surface area contributed by atoms with Crippen molar-refractivity contribution in [1.29, 1.82) is 0 Å². The van der Waals surface area contributed by atoms with Crippen molar-refractivity contribution in [1.82, 2.24) is 5.32 Å². The monoisotopic (exact) mass is 308 g/mol. The van der Waals surface area contributed by atoms with Crippen molar-refractivity contribution >= 4 is 23.1 Å². The number of para-hydroxylation sites is 1. The van der Waals surface area contributed by atoms with Crippen LogP contribution in [0.1, 0.15) is 25.3 Å². The Morgan fingerprint density at radius 3 is 2.95 bits per heavy atom. The molecule has 2 rings (SSSR count). The molecule has 1 heterocycles. The smallest absolute Gasteiger partial charge is 0.258 e. The molecule has 0 saturated carbocycles. The quantitative estimate of drug-likeness (QED) is 0.777. The van der Waals surface area contributed by atoms with E-state index in [0.29, 0.717) is 17.9 Å². The highest BCUT2D eigenvalue weighted by molar-refractivity contribution is 7.80. The van der Waals surface area contributed by atoms with Crippen molar-refractivity contribution in [2.24, 2.45) is 5.73 Å². The number of hydrogen-bond donors (Lipinski definition) is 2. The molecule has 0 aliphatic carbocycles. The van der Waals surface area contributed by atoms with Crippen LogP contribution >= 0.6 is 12.2 Å². The number of thiocarbonyl (C=S) groups is 1. The molecule has 0 bridgehead atoms. The molecular weight excluding hydrogens is 288 g/mol. The van der Waals surface area contributed by atoms with Crippen molar-refractivity contribution in [3.8, 4) is 5.75 Å². The molecule has 0 aromatic heterocycles. The molecule has 1 aliphatic heterocycles. The predicted molar refractivity (Wildman–Crippen MR) is 84.4 cm³/mol. The van der Waals surface area contributed by atoms with Gasteiger partial charge in [-0.15, -0.1) is 0 Å². The molecule has 1 fully saturated rings. The molecule has 3 N–H and O–H groups in total. The number of carbonyl (C=O) groups excluding carboxylic acids is 1. The van der Waals surface area contributed by atoms with Crippen LogP contribution in [-0.2, 0) is 9.53 Å². The molecule has 0 spiro atoms. The summed E-state index contributed by atoms with van der Waals surface area (Å²) in [5.41, 5.74) is 5.99. The Balaban J connectivity index is 1.83. The zero-order valence-electron chi connectivity index (χ0n) is 12.1. The van der Waals surface area contributed by atoms with E-state index in [2.05, 4.69) is 5.32 Å². The van der Waals surface area contributed by atoms with Gasteiger partial charge in [0.05, 0.1) is 11.2 Å². The number of carbonyl (C=O) groups is 1. The SMILES string of the molecule is CC1(CNC(=O)COc2ccccc2C(N)=S)CCCO1. The summed E-state index contributed by atoms with van der Waals surface area (Å²) >= 11 is 4.95. The summed E-state index contributed by atoms with van der Waals surface area (Å²) in [5, 5.41) is 2.83. The minimum atomic E-state index is -0.258. The lowest BCUT2D eigenvalue weighted by Gasteiger charge is -2.23. The van der Waals surface area contributed by atoms with Gasteiger partial charge in [0.1, 0.15) is 10.7 Å². The first-order chi connectivity index (χ1) is 10.0. The van der Waals surface area contributed by atoms with Crippen LogP contribution in [0.4, 0.5) is 0 Å². The van der Waals surface area contributed by atoms with Crippen molar-refractivity contribution in [3.63, 3.8) is 0 Å². The van der Waals surface area contributed by atoms with E-state index in [9.17, 15) is 4.79 Å². The lowest BCUT2D eigenvalue weighted by atomic mass is 10.0. The molecule has 1 saturated heterocycles. The Hall–Kier alpha value is -1.66. The maximum absolute atomic E-state index is 11.8. The second-order valence-electron chi connectivity index (χ2n) is 5.33. The fourth-order valence-corrected chi connectivity index (χ4v) is 2.42. The number of amides is 1. The third kappa shape index (κ3) is 4.41. The summed E-state index contributed by atoms with van der Waals surface area (Å²) < 4.78 is 11.1. The minimum Gasteiger partial charge on any atom is -0.483 e. The molecular formula is C15H20N2O3S. The standard InChI is InChI=1S/C15H20N2O3S/c1-15(7-4-8-20-15)10-17-13(18)9-19-12-6-3-2-5-11(12)14(16)21/h2-3,5-6H,4,7-10H2,1H3,(H2,16,21)(H,17,18). The number of hydrogen-bond acceptors (Lipinski definition) is 4. The van der Waals surface area contributed by atoms with Crippen LogP contribution in [-0.4, -0.2) is 36.3 Å². The van der Waals surface area contributed by atoms with Crippen LogP contribution in [0.5, 0.6) is 5.75 Å². The van der Waals surface area contributed by atoms with Crippen molar-refractivity contribution in [2.45, 2.75) is 25.4 Å². The van der Waals surface area contributed by atoms with E-state index in [1.54, 1.807) is 12.1 Å². The van der Waals surface area contributed by atoms with E-state index in [4.69, 9.17) is 27.4 Å². The Bertz CT molecular complexity index is 527. The maximum atomic E-state index is 11.8. The third-order valence-electron chi connectivity index (χ3n) is 3.47. The zero-order valence-corrected chi connectivity index (χ0v) is 12.9. The molecule has 1 aliphatic rings. The Kier molecular flexibility index (Phi) is 5.14. The van der Waals surface area contributed by atoms with E-state index in [1.807, 2.05) is 19.1 Å². The zero-order chi connectivity index (χ0) is 15.3. The van der Waals surface area contributed by atoms with Gasteiger partial charge in [0.15, 0.2) is 6.61 Å². The summed E-state index contributed by atoms with van der Waals surface area (Å²) in [6.45, 7) is 3.18. The Labute approximate surface area is 129 Å². The molecule has 0 radical (unpaired) electrons. The summed E-state index contributed by atoms with van der Waals surface area (Å²) in [4.78, 5) is 12.1. The highest BCUT2D eigenvalue weighted by atomic mass is 32.1. The third-order valence-corrected chi connectivity index (χ3v) is 3.69. The summed E-state index contributed by atoms with van der Waals surface area (Å²) in [6.07, 6.45) is 1.99. The van der Waals surface area contributed by atoms with Gasteiger partial charge in [0.2, 0.25) is 0 Å². The first kappa shape index (κ1) is 15.7. The lowest BCUT2D eigenvalue weighted by Crippen LogP contribution is -2.41. The van der Waals surface area contributed by atoms with E-state index in [1.165, 1.54) is 0 Å². The number of nitrogens with one attached hydrogen (secondary N) is 1. The molecule has 1 amide bonds. The van der Waals surface area contributed by atoms with Crippen LogP contribution in [0.25, 0.3) is 0 Å². The van der Waals surface area contributed by atoms with E-state index >= 15 is 0 Å². The highest BCUT2D eigenvalue weighted by Gasteiger charge is 2.29. The van der Waals surface area contributed by atoms with Crippen molar-refractivity contribution in [2.75, 3.05) is 19.8 Å². The summed E-state index contributed by atoms with van der Waals surface area (Å²) in [7, 11) is 0. The van der Waals surface area contributed by atoms with Crippen LogP contribution in [0, 0.1) is 0 Å². The topological polar surface area (TPSA) is 73.6 Å². The summed E-state index contributed by atoms with van der Waals surface area (Å²) in [6, 6.07) is 7.13. The average molecular weight is 308 g/mol. The molecule has 6 heteroatoms. The Morgan fingerprint density at radius 2 is 2.29 bits per heavy atom. The van der Waals surface area contributed by atoms with Gasteiger partial charge < -0.3 is 20.5 Å². The molecule has 114 valence electrons. The van der Waals surface area contributed by atoms with E-state index in [-0.39, 0.29) is 23.1 Å². The molecule has 1 aromatic rings. The lowest BCUT2D eigenvalue weighted by molar-refractivity contribution is -0.124. The summed E-state index contributed by atoms with van der Waals surface area (Å²) in [5.74, 6) is 0.327. The van der Waals surface area contributed by atoms with Gasteiger partial charge in [0.25, 0.3) is 5.91 Å². The van der Waals surface area contributed by atoms with E-state index < -0.39 is 0 Å². The molecule has 1 atom stereocenters. The fraction of sp³-hybridized carbons (Fsp3) is 0.467. The van der Waals surface area contributed by atoms with Crippen LogP contribution < -0.4 is 15.8 Å². The van der Waals surface area contributed by atoms with Gasteiger partial charge in [-0.1, -0.05) is 24.4 Å². The predicted octanol–water partition coefficient (Wildman–Crippen LogP) is 1.38. The molecule has 1 aromatic carbocycles. The first-order valence-corrected chi connectivity index (χ1v) is 7.33. The van der Waals surface area contributed by atoms with Crippen molar-refractivity contribution < 1.29 is 14.3 Å². The number of benzene rings is 1. The van der Waals surface area contributed by atoms with Gasteiger partial charge >= 0.3 is 0 Å². The van der Waals surface area contributed by atoms with Gasteiger partial charge in [-0.2, -0.15) is 0 Å². The normalized spacial score (nSPS) is 21.0. The molecule has 21 heavy (non-hydrogen) atoms. The van der Waals surface area contributed by atoms with Gasteiger partial charge in [-0.3, -0.25) is 4.79 Å². The average Bonchev–Trinajstić information content (AvgIpc) is 2.90. The minimum absolute atomic E-state index is 0.0737. The van der Waals surface area contributed by atoms with Gasteiger partial charge in [-0.05, 0) is 31.9 Å². The molecule has 5 nitrogen and oxygen atoms in total. The fourth-order valence-electron chi connectivity index (χ4n) is 2.25. The van der Waals surface area contributed by atoms with Crippen LogP contribution in [0.15, 0.2) is 24.3 Å². The second-order valence-corrected chi connectivity index (χ2v) is 5.77. The molecule has 1 unspecified atom stereocenters. The largest absolute Gasteiger partial charge is 0.483 e. The number of ether oxygens (including phenoxy) is 2. The highest BCUT2D eigenvalue weighted by Crippen LogP contribution is 2.23. The van der Waals surface area contributed by atoms with Gasteiger partial charge in [-0.25, -0.2) is 0 Å². The van der Waals surface area contributed by atoms with Gasteiger partial charge in [0, 0.05) is 13.2 Å². The maximum Gasteiger partial charge on any atom is 0.258 e. The number of rotatable bonds is 6. The van der Waals surface area contributed by atoms with Crippen LogP contribution in [0.2, 0.25) is 0 Å². The Morgan fingerprint density at radius 1 is 1.52 bits per heavy atom.